The van der Waals surface area contributed by atoms with Gasteiger partial charge in [-0.2, -0.15) is 0 Å². The lowest BCUT2D eigenvalue weighted by Crippen LogP contribution is -2.45. The van der Waals surface area contributed by atoms with E-state index < -0.39 is 0 Å². The molecule has 5 rings (SSSR count). The first-order chi connectivity index (χ1) is 14.6. The van der Waals surface area contributed by atoms with Crippen molar-refractivity contribution in [3.8, 4) is 0 Å². The van der Waals surface area contributed by atoms with Crippen LogP contribution < -0.4 is 4.90 Å². The van der Waals surface area contributed by atoms with Crippen LogP contribution in [0.1, 0.15) is 29.4 Å². The molecule has 0 aliphatic carbocycles. The van der Waals surface area contributed by atoms with E-state index in [-0.39, 0.29) is 11.8 Å². The Balaban J connectivity index is 1.42. The topological polar surface area (TPSA) is 57.0 Å². The first kappa shape index (κ1) is 19.2. The largest absolute Gasteiger partial charge is 0.355 e. The number of rotatable bonds is 4. The summed E-state index contributed by atoms with van der Waals surface area (Å²) >= 11 is 0. The second-order valence-electron chi connectivity index (χ2n) is 8.43. The summed E-state index contributed by atoms with van der Waals surface area (Å²) in [6.45, 7) is 7.60. The maximum Gasteiger partial charge on any atom is 0.157 e. The van der Waals surface area contributed by atoms with Crippen molar-refractivity contribution in [2.24, 2.45) is 0 Å². The van der Waals surface area contributed by atoms with Gasteiger partial charge in [0, 0.05) is 58.1 Å². The number of piperazine rings is 1. The molecule has 30 heavy (non-hydrogen) atoms. The molecule has 3 aromatic rings. The molecule has 3 aromatic heterocycles. The zero-order chi connectivity index (χ0) is 20.7. The summed E-state index contributed by atoms with van der Waals surface area (Å²) in [4.78, 5) is 29.1. The van der Waals surface area contributed by atoms with Gasteiger partial charge in [-0.25, -0.2) is 4.98 Å². The molecule has 7 heteroatoms. The van der Waals surface area contributed by atoms with Gasteiger partial charge in [-0.05, 0) is 37.7 Å². The minimum Gasteiger partial charge on any atom is -0.355 e. The number of carbonyl (C=O) groups is 1. The molecule has 5 heterocycles. The van der Waals surface area contributed by atoms with E-state index in [9.17, 15) is 4.79 Å². The molecular weight excluding hydrogens is 376 g/mol. The van der Waals surface area contributed by atoms with Gasteiger partial charge in [0.25, 0.3) is 0 Å². The highest BCUT2D eigenvalue weighted by Gasteiger charge is 2.35. The normalized spacial score (nSPS) is 21.1. The van der Waals surface area contributed by atoms with Crippen molar-refractivity contribution in [1.29, 1.82) is 0 Å². The van der Waals surface area contributed by atoms with Crippen LogP contribution in [0.3, 0.4) is 0 Å². The number of anilines is 1. The quantitative estimate of drug-likeness (QED) is 0.665. The zero-order valence-electron chi connectivity index (χ0n) is 17.7. The number of likely N-dealkylation sites (tertiary alicyclic amines) is 1. The predicted molar refractivity (Wildman–Crippen MR) is 117 cm³/mol. The van der Waals surface area contributed by atoms with Crippen LogP contribution in [0, 0.1) is 6.92 Å². The lowest BCUT2D eigenvalue weighted by molar-refractivity contribution is -0.120. The Kier molecular flexibility index (Phi) is 5.00. The Labute approximate surface area is 176 Å². The van der Waals surface area contributed by atoms with Gasteiger partial charge in [0.15, 0.2) is 5.78 Å². The number of likely N-dealkylation sites (N-methyl/N-ethyl adjacent to an activating group) is 1. The second kappa shape index (κ2) is 7.81. The van der Waals surface area contributed by atoms with Crippen LogP contribution in [0.15, 0.2) is 42.7 Å². The van der Waals surface area contributed by atoms with Crippen molar-refractivity contribution in [2.45, 2.75) is 25.9 Å². The number of aromatic nitrogens is 3. The fourth-order valence-corrected chi connectivity index (χ4v) is 4.63. The number of imidazole rings is 1. The van der Waals surface area contributed by atoms with Gasteiger partial charge in [-0.15, -0.1) is 0 Å². The molecule has 7 nitrogen and oxygen atoms in total. The number of fused-ring (bicyclic) bond motifs is 1. The van der Waals surface area contributed by atoms with Crippen molar-refractivity contribution < 1.29 is 4.79 Å². The summed E-state index contributed by atoms with van der Waals surface area (Å²) < 4.78 is 2.19. The highest BCUT2D eigenvalue weighted by atomic mass is 16.1. The smallest absolute Gasteiger partial charge is 0.157 e. The lowest BCUT2D eigenvalue weighted by Gasteiger charge is -2.34. The van der Waals surface area contributed by atoms with Gasteiger partial charge in [-0.1, -0.05) is 12.1 Å². The minimum absolute atomic E-state index is 0.249. The molecule has 156 valence electrons. The van der Waals surface area contributed by atoms with E-state index in [1.165, 1.54) is 5.82 Å². The van der Waals surface area contributed by atoms with Gasteiger partial charge < -0.3 is 9.80 Å². The number of pyridine rings is 2. The number of Topliss-reactive ketones (excluding diaryl/α,β-unsaturated/α-hetero) is 1. The minimum atomic E-state index is -0.270. The highest BCUT2D eigenvalue weighted by Crippen LogP contribution is 2.31. The molecule has 0 bridgehead atoms. The molecule has 0 amide bonds. The van der Waals surface area contributed by atoms with Crippen LogP contribution in [0.5, 0.6) is 0 Å². The molecule has 2 aliphatic heterocycles. The van der Waals surface area contributed by atoms with Crippen molar-refractivity contribution in [1.82, 2.24) is 24.2 Å². The third kappa shape index (κ3) is 3.48. The van der Waals surface area contributed by atoms with Crippen LogP contribution in [0.25, 0.3) is 5.65 Å². The first-order valence-electron chi connectivity index (χ1n) is 10.7. The van der Waals surface area contributed by atoms with Crippen molar-refractivity contribution in [2.75, 3.05) is 44.7 Å². The average molecular weight is 405 g/mol. The maximum atomic E-state index is 12.7. The van der Waals surface area contributed by atoms with E-state index in [1.807, 2.05) is 19.1 Å². The number of hydrogen-bond acceptors (Lipinski definition) is 6. The van der Waals surface area contributed by atoms with Crippen LogP contribution in [0.2, 0.25) is 0 Å². The van der Waals surface area contributed by atoms with Gasteiger partial charge in [0.1, 0.15) is 17.5 Å². The van der Waals surface area contributed by atoms with Crippen LogP contribution in [0.4, 0.5) is 5.82 Å². The lowest BCUT2D eigenvalue weighted by atomic mass is 10.0. The molecule has 0 aromatic carbocycles. The van der Waals surface area contributed by atoms with Crippen molar-refractivity contribution in [3.05, 3.63) is 59.7 Å². The second-order valence-corrected chi connectivity index (χ2v) is 8.43. The van der Waals surface area contributed by atoms with Gasteiger partial charge in [0.05, 0.1) is 11.4 Å². The standard InChI is InChI=1S/C23H28N6O/c1-17-5-4-9-24-22(17)23-19(30)8-10-28(23)15-18-16-29-20(25-18)6-3-7-21(29)27-13-11-26(2)12-14-27/h3-7,9,16,23H,8,10-15H2,1-2H3. The van der Waals surface area contributed by atoms with Gasteiger partial charge in [-0.3, -0.25) is 19.1 Å². The third-order valence-corrected chi connectivity index (χ3v) is 6.34. The first-order valence-corrected chi connectivity index (χ1v) is 10.7. The number of hydrogen-bond donors (Lipinski definition) is 0. The summed E-state index contributed by atoms with van der Waals surface area (Å²) in [5, 5.41) is 0. The Bertz CT molecular complexity index is 1070. The molecule has 0 radical (unpaired) electrons. The van der Waals surface area contributed by atoms with Crippen LogP contribution >= 0.6 is 0 Å². The monoisotopic (exact) mass is 404 g/mol. The summed E-state index contributed by atoms with van der Waals surface area (Å²) in [7, 11) is 2.17. The van der Waals surface area contributed by atoms with E-state index in [2.05, 4.69) is 55.5 Å². The number of ketones is 1. The Morgan fingerprint density at radius 1 is 1.07 bits per heavy atom. The summed E-state index contributed by atoms with van der Waals surface area (Å²) in [5.74, 6) is 1.44. The van der Waals surface area contributed by atoms with Crippen molar-refractivity contribution in [3.63, 3.8) is 0 Å². The van der Waals surface area contributed by atoms with Crippen LogP contribution in [-0.2, 0) is 11.3 Å². The average Bonchev–Trinajstić information content (AvgIpc) is 3.32. The summed E-state index contributed by atoms with van der Waals surface area (Å²) in [5.41, 5.74) is 3.89. The number of nitrogens with zero attached hydrogens (tertiary/aromatic N) is 6. The molecule has 2 saturated heterocycles. The van der Waals surface area contributed by atoms with E-state index in [0.29, 0.717) is 13.0 Å². The molecular formula is C23H28N6O. The highest BCUT2D eigenvalue weighted by molar-refractivity contribution is 5.87. The Morgan fingerprint density at radius 3 is 2.70 bits per heavy atom. The van der Waals surface area contributed by atoms with E-state index >= 15 is 0 Å². The molecule has 1 unspecified atom stereocenters. The van der Waals surface area contributed by atoms with Gasteiger partial charge >= 0.3 is 0 Å². The molecule has 2 fully saturated rings. The SMILES string of the molecule is Cc1cccnc1C1C(=O)CCN1Cc1cn2c(N3CCN(C)CC3)cccc2n1. The molecule has 0 N–H and O–H groups in total. The molecule has 1 atom stereocenters. The van der Waals surface area contributed by atoms with E-state index in [0.717, 1.165) is 55.3 Å². The fraction of sp³-hybridized carbons (Fsp3) is 0.435. The predicted octanol–water partition coefficient (Wildman–Crippen LogP) is 2.31. The molecule has 2 aliphatic rings. The molecule has 0 saturated carbocycles. The van der Waals surface area contributed by atoms with Gasteiger partial charge in [0.2, 0.25) is 0 Å². The number of aryl methyl sites for hydroxylation is 1. The summed E-state index contributed by atoms with van der Waals surface area (Å²) in [6.07, 6.45) is 4.48. The zero-order valence-corrected chi connectivity index (χ0v) is 17.7. The van der Waals surface area contributed by atoms with E-state index in [1.54, 1.807) is 6.20 Å². The van der Waals surface area contributed by atoms with E-state index in [4.69, 9.17) is 4.98 Å². The number of carbonyl (C=O) groups excluding carboxylic acids is 1. The van der Waals surface area contributed by atoms with Crippen LogP contribution in [-0.4, -0.2) is 69.7 Å². The van der Waals surface area contributed by atoms with Crippen molar-refractivity contribution >= 4 is 17.2 Å². The molecule has 0 spiro atoms. The summed E-state index contributed by atoms with van der Waals surface area (Å²) in [6, 6.07) is 9.98. The Hall–Kier alpha value is -2.77. The Morgan fingerprint density at radius 2 is 1.90 bits per heavy atom. The third-order valence-electron chi connectivity index (χ3n) is 6.34. The fourth-order valence-electron chi connectivity index (χ4n) is 4.63. The maximum absolute atomic E-state index is 12.7.